The number of rotatable bonds is 3. The molecule has 0 bridgehead atoms. The summed E-state index contributed by atoms with van der Waals surface area (Å²) in [5, 5.41) is 5.59. The van der Waals surface area contributed by atoms with Gasteiger partial charge in [-0.25, -0.2) is 0 Å². The third kappa shape index (κ3) is 3.47. The maximum atomic E-state index is 6.23. The van der Waals surface area contributed by atoms with Crippen LogP contribution in [0.3, 0.4) is 0 Å². The van der Waals surface area contributed by atoms with Gasteiger partial charge in [0.25, 0.3) is 0 Å². The number of thioether (sulfide) groups is 1. The van der Waals surface area contributed by atoms with E-state index in [-0.39, 0.29) is 6.04 Å². The first-order chi connectivity index (χ1) is 8.04. The van der Waals surface area contributed by atoms with E-state index in [2.05, 4.69) is 35.6 Å². The molecule has 0 aromatic carbocycles. The molecule has 0 spiro atoms. The van der Waals surface area contributed by atoms with Crippen molar-refractivity contribution in [1.29, 1.82) is 0 Å². The Morgan fingerprint density at radius 1 is 1.47 bits per heavy atom. The monoisotopic (exact) mass is 254 g/mol. The zero-order valence-electron chi connectivity index (χ0n) is 10.8. The molecule has 1 aliphatic rings. The van der Waals surface area contributed by atoms with Crippen LogP contribution in [0.2, 0.25) is 0 Å². The van der Waals surface area contributed by atoms with Gasteiger partial charge in [-0.1, -0.05) is 13.8 Å². The second-order valence-electron chi connectivity index (χ2n) is 5.03. The van der Waals surface area contributed by atoms with Crippen LogP contribution in [-0.2, 0) is 7.05 Å². The normalized spacial score (nSPS) is 28.2. The van der Waals surface area contributed by atoms with E-state index in [9.17, 15) is 0 Å². The Kier molecular flexibility index (Phi) is 4.12. The van der Waals surface area contributed by atoms with E-state index in [1.165, 1.54) is 0 Å². The summed E-state index contributed by atoms with van der Waals surface area (Å²) in [5.74, 6) is 0. The number of aryl methyl sites for hydroxylation is 1. The Hall–Kier alpha value is -0.520. The third-order valence-electron chi connectivity index (χ3n) is 3.10. The van der Waals surface area contributed by atoms with Gasteiger partial charge in [0, 0.05) is 55.0 Å². The van der Waals surface area contributed by atoms with E-state index in [0.717, 1.165) is 25.2 Å². The summed E-state index contributed by atoms with van der Waals surface area (Å²) in [6.07, 6.45) is 3.88. The number of aromatic nitrogens is 2. The minimum Gasteiger partial charge on any atom is -0.323 e. The van der Waals surface area contributed by atoms with Crippen molar-refractivity contribution >= 4 is 11.8 Å². The Bertz CT molecular complexity index is 355. The molecular weight excluding hydrogens is 232 g/mol. The lowest BCUT2D eigenvalue weighted by molar-refractivity contribution is 0.255. The summed E-state index contributed by atoms with van der Waals surface area (Å²) in [5.41, 5.74) is 7.36. The summed E-state index contributed by atoms with van der Waals surface area (Å²) in [4.78, 5) is 2.48. The second kappa shape index (κ2) is 5.42. The van der Waals surface area contributed by atoms with Gasteiger partial charge in [-0.05, 0) is 0 Å². The van der Waals surface area contributed by atoms with Crippen molar-refractivity contribution in [1.82, 2.24) is 14.7 Å². The summed E-state index contributed by atoms with van der Waals surface area (Å²) in [6.45, 7) is 7.80. The van der Waals surface area contributed by atoms with E-state index >= 15 is 0 Å². The molecule has 5 heteroatoms. The van der Waals surface area contributed by atoms with Crippen LogP contribution < -0.4 is 5.73 Å². The number of nitrogens with two attached hydrogens (primary N) is 1. The van der Waals surface area contributed by atoms with Crippen LogP contribution in [0.1, 0.15) is 25.5 Å². The Labute approximate surface area is 108 Å². The van der Waals surface area contributed by atoms with Gasteiger partial charge in [0.1, 0.15) is 0 Å². The second-order valence-corrected chi connectivity index (χ2v) is 6.91. The molecule has 1 saturated heterocycles. The van der Waals surface area contributed by atoms with E-state index < -0.39 is 0 Å². The Morgan fingerprint density at radius 2 is 2.12 bits per heavy atom. The lowest BCUT2D eigenvalue weighted by atomic mass is 10.1. The van der Waals surface area contributed by atoms with Crippen LogP contribution >= 0.6 is 11.8 Å². The lowest BCUT2D eigenvalue weighted by Gasteiger charge is -2.35. The average molecular weight is 254 g/mol. The molecule has 2 N–H and O–H groups in total. The fraction of sp³-hybridized carbons (Fsp3) is 0.750. The lowest BCUT2D eigenvalue weighted by Crippen LogP contribution is -2.43. The zero-order valence-corrected chi connectivity index (χ0v) is 11.7. The molecule has 1 aliphatic heterocycles. The smallest absolute Gasteiger partial charge is 0.0537 e. The number of hydrogen-bond donors (Lipinski definition) is 1. The van der Waals surface area contributed by atoms with Crippen LogP contribution in [0, 0.1) is 0 Å². The van der Waals surface area contributed by atoms with Gasteiger partial charge in [-0.15, -0.1) is 0 Å². The summed E-state index contributed by atoms with van der Waals surface area (Å²) in [7, 11) is 1.93. The van der Waals surface area contributed by atoms with Crippen molar-refractivity contribution < 1.29 is 0 Å². The van der Waals surface area contributed by atoms with Crippen molar-refractivity contribution in [3.05, 3.63) is 18.0 Å². The van der Waals surface area contributed by atoms with Crippen molar-refractivity contribution in [2.45, 2.75) is 30.4 Å². The first-order valence-corrected chi connectivity index (χ1v) is 7.11. The summed E-state index contributed by atoms with van der Waals surface area (Å²) in [6, 6.07) is 0.0752. The first kappa shape index (κ1) is 12.9. The molecule has 1 fully saturated rings. The van der Waals surface area contributed by atoms with Crippen LogP contribution in [0.15, 0.2) is 12.4 Å². The average Bonchev–Trinajstić information content (AvgIpc) is 2.63. The van der Waals surface area contributed by atoms with E-state index in [1.54, 1.807) is 0 Å². The molecule has 17 heavy (non-hydrogen) atoms. The third-order valence-corrected chi connectivity index (χ3v) is 4.33. The Morgan fingerprint density at radius 3 is 2.65 bits per heavy atom. The molecule has 2 heterocycles. The fourth-order valence-corrected chi connectivity index (χ4v) is 3.84. The quantitative estimate of drug-likeness (QED) is 0.882. The Balaban J connectivity index is 1.92. The van der Waals surface area contributed by atoms with E-state index in [1.807, 2.05) is 24.1 Å². The van der Waals surface area contributed by atoms with Crippen molar-refractivity contribution in [2.24, 2.45) is 12.8 Å². The first-order valence-electron chi connectivity index (χ1n) is 6.16. The van der Waals surface area contributed by atoms with Crippen LogP contribution in [-0.4, -0.2) is 44.8 Å². The molecule has 96 valence electrons. The van der Waals surface area contributed by atoms with Crippen LogP contribution in [0.4, 0.5) is 0 Å². The van der Waals surface area contributed by atoms with E-state index in [0.29, 0.717) is 10.5 Å². The highest BCUT2D eigenvalue weighted by molar-refractivity contribution is 8.00. The van der Waals surface area contributed by atoms with E-state index in [4.69, 9.17) is 5.73 Å². The van der Waals surface area contributed by atoms with Gasteiger partial charge >= 0.3 is 0 Å². The molecule has 3 atom stereocenters. The fourth-order valence-electron chi connectivity index (χ4n) is 2.45. The molecule has 0 saturated carbocycles. The molecular formula is C12H22N4S. The molecule has 4 nitrogen and oxygen atoms in total. The van der Waals surface area contributed by atoms with Gasteiger partial charge in [0.2, 0.25) is 0 Å². The summed E-state index contributed by atoms with van der Waals surface area (Å²) < 4.78 is 1.81. The molecule has 0 aliphatic carbocycles. The SMILES string of the molecule is CC1CN(CC(N)c2cnn(C)c2)CC(C)S1. The summed E-state index contributed by atoms with van der Waals surface area (Å²) >= 11 is 2.07. The molecule has 0 amide bonds. The number of nitrogens with zero attached hydrogens (tertiary/aromatic N) is 3. The minimum absolute atomic E-state index is 0.0752. The topological polar surface area (TPSA) is 47.1 Å². The van der Waals surface area contributed by atoms with Gasteiger partial charge in [0.05, 0.1) is 6.20 Å². The largest absolute Gasteiger partial charge is 0.323 e. The van der Waals surface area contributed by atoms with Crippen molar-refractivity contribution in [2.75, 3.05) is 19.6 Å². The van der Waals surface area contributed by atoms with Gasteiger partial charge in [0.15, 0.2) is 0 Å². The zero-order chi connectivity index (χ0) is 12.4. The highest BCUT2D eigenvalue weighted by Gasteiger charge is 2.24. The predicted octanol–water partition coefficient (Wildman–Crippen LogP) is 1.25. The van der Waals surface area contributed by atoms with Gasteiger partial charge < -0.3 is 5.73 Å². The molecule has 1 aromatic heterocycles. The molecule has 1 aromatic rings. The predicted molar refractivity (Wildman–Crippen MR) is 73.1 cm³/mol. The highest BCUT2D eigenvalue weighted by Crippen LogP contribution is 2.25. The van der Waals surface area contributed by atoms with Crippen molar-refractivity contribution in [3.8, 4) is 0 Å². The van der Waals surface area contributed by atoms with Crippen molar-refractivity contribution in [3.63, 3.8) is 0 Å². The van der Waals surface area contributed by atoms with Crippen LogP contribution in [0.5, 0.6) is 0 Å². The standard InChI is InChI=1S/C12H22N4S/c1-9-5-16(6-10(2)17-9)8-12(13)11-4-14-15(3)7-11/h4,7,9-10,12H,5-6,8,13H2,1-3H3. The van der Waals surface area contributed by atoms with Crippen LogP contribution in [0.25, 0.3) is 0 Å². The highest BCUT2D eigenvalue weighted by atomic mass is 32.2. The molecule has 2 rings (SSSR count). The number of hydrogen-bond acceptors (Lipinski definition) is 4. The molecule has 3 unspecified atom stereocenters. The minimum atomic E-state index is 0.0752. The maximum Gasteiger partial charge on any atom is 0.0537 e. The maximum absolute atomic E-state index is 6.23. The molecule has 0 radical (unpaired) electrons. The van der Waals surface area contributed by atoms with Gasteiger partial charge in [-0.2, -0.15) is 16.9 Å². The van der Waals surface area contributed by atoms with Gasteiger partial charge in [-0.3, -0.25) is 9.58 Å².